The molecule has 0 aliphatic carbocycles. The Morgan fingerprint density at radius 2 is 1.78 bits per heavy atom. The molecule has 94 valence electrons. The summed E-state index contributed by atoms with van der Waals surface area (Å²) in [4.78, 5) is 4.06. The van der Waals surface area contributed by atoms with E-state index in [4.69, 9.17) is 0 Å². The third kappa shape index (κ3) is 2.96. The lowest BCUT2D eigenvalue weighted by molar-refractivity contribution is 0.0572. The van der Waals surface area contributed by atoms with Gasteiger partial charge in [0, 0.05) is 24.4 Å². The third-order valence-electron chi connectivity index (χ3n) is 3.26. The van der Waals surface area contributed by atoms with Crippen LogP contribution in [0.4, 0.5) is 0 Å². The van der Waals surface area contributed by atoms with E-state index in [1.807, 2.05) is 19.1 Å². The van der Waals surface area contributed by atoms with Crippen LogP contribution in [-0.2, 0) is 18.4 Å². The summed E-state index contributed by atoms with van der Waals surface area (Å²) < 4.78 is 0. The van der Waals surface area contributed by atoms with Crippen LogP contribution >= 0.6 is 0 Å². The van der Waals surface area contributed by atoms with E-state index in [9.17, 15) is 5.11 Å². The first kappa shape index (κ1) is 12.8. The van der Waals surface area contributed by atoms with Crippen molar-refractivity contribution in [1.82, 2.24) is 4.98 Å². The van der Waals surface area contributed by atoms with Gasteiger partial charge in [-0.25, -0.2) is 0 Å². The van der Waals surface area contributed by atoms with E-state index in [1.165, 1.54) is 5.56 Å². The summed E-state index contributed by atoms with van der Waals surface area (Å²) in [6.45, 7) is 3.97. The lowest BCUT2D eigenvalue weighted by atomic mass is 9.90. The minimum absolute atomic E-state index is 0.600. The van der Waals surface area contributed by atoms with Gasteiger partial charge in [-0.2, -0.15) is 0 Å². The molecule has 1 heterocycles. The second-order valence-corrected chi connectivity index (χ2v) is 4.86. The fourth-order valence-corrected chi connectivity index (χ4v) is 2.07. The molecule has 1 atom stereocenters. The van der Waals surface area contributed by atoms with E-state index in [0.717, 1.165) is 17.5 Å². The number of nitrogens with zero attached hydrogens (tertiary/aromatic N) is 1. The van der Waals surface area contributed by atoms with Crippen LogP contribution < -0.4 is 0 Å². The molecule has 0 aliphatic rings. The molecule has 0 bridgehead atoms. The predicted molar refractivity (Wildman–Crippen MR) is 73.3 cm³/mol. The van der Waals surface area contributed by atoms with E-state index in [0.29, 0.717) is 6.42 Å². The van der Waals surface area contributed by atoms with Crippen LogP contribution in [0.15, 0.2) is 48.8 Å². The minimum atomic E-state index is -0.873. The van der Waals surface area contributed by atoms with Gasteiger partial charge in [-0.15, -0.1) is 0 Å². The molecule has 2 rings (SSSR count). The smallest absolute Gasteiger partial charge is 0.0923 e. The third-order valence-corrected chi connectivity index (χ3v) is 3.26. The molecular weight excluding hydrogens is 222 g/mol. The molecule has 2 nitrogen and oxygen atoms in total. The maximum absolute atomic E-state index is 10.5. The summed E-state index contributed by atoms with van der Waals surface area (Å²) in [7, 11) is 0. The first-order valence-corrected chi connectivity index (χ1v) is 6.32. The Labute approximate surface area is 108 Å². The number of benzene rings is 1. The summed E-state index contributed by atoms with van der Waals surface area (Å²) in [6, 6.07) is 12.2. The second-order valence-electron chi connectivity index (χ2n) is 4.86. The van der Waals surface area contributed by atoms with E-state index in [-0.39, 0.29) is 0 Å². The highest BCUT2D eigenvalue weighted by Crippen LogP contribution is 2.24. The van der Waals surface area contributed by atoms with Crippen LogP contribution in [0, 0.1) is 0 Å². The van der Waals surface area contributed by atoms with Crippen LogP contribution in [0.1, 0.15) is 30.5 Å². The fraction of sp³-hybridized carbons (Fsp3) is 0.312. The molecule has 2 aromatic rings. The van der Waals surface area contributed by atoms with Crippen LogP contribution in [0.25, 0.3) is 0 Å². The van der Waals surface area contributed by atoms with E-state index in [2.05, 4.69) is 36.2 Å². The van der Waals surface area contributed by atoms with E-state index < -0.39 is 5.60 Å². The Morgan fingerprint density at radius 3 is 2.33 bits per heavy atom. The quantitative estimate of drug-likeness (QED) is 0.892. The van der Waals surface area contributed by atoms with Gasteiger partial charge in [-0.05, 0) is 30.5 Å². The van der Waals surface area contributed by atoms with Crippen LogP contribution in [-0.4, -0.2) is 10.1 Å². The molecule has 0 amide bonds. The van der Waals surface area contributed by atoms with Gasteiger partial charge in [0.25, 0.3) is 0 Å². The number of pyridine rings is 1. The van der Waals surface area contributed by atoms with Crippen molar-refractivity contribution in [1.29, 1.82) is 0 Å². The molecule has 1 aromatic carbocycles. The molecule has 0 aliphatic heterocycles. The first-order valence-electron chi connectivity index (χ1n) is 6.32. The number of aliphatic hydroxyl groups is 1. The number of aromatic nitrogens is 1. The summed E-state index contributed by atoms with van der Waals surface area (Å²) >= 11 is 0. The lowest BCUT2D eigenvalue weighted by Crippen LogP contribution is -2.24. The standard InChI is InChI=1S/C16H19NO/c1-3-13-6-8-14(9-7-13)11-16(2,18)15-5-4-10-17-12-15/h4-10,12,18H,3,11H2,1-2H3. The summed E-state index contributed by atoms with van der Waals surface area (Å²) in [6.07, 6.45) is 5.08. The zero-order chi connectivity index (χ0) is 13.0. The zero-order valence-corrected chi connectivity index (χ0v) is 10.9. The molecule has 0 fully saturated rings. The topological polar surface area (TPSA) is 33.1 Å². The summed E-state index contributed by atoms with van der Waals surface area (Å²) in [5, 5.41) is 10.5. The Hall–Kier alpha value is -1.67. The molecule has 0 saturated heterocycles. The fourth-order valence-electron chi connectivity index (χ4n) is 2.07. The highest BCUT2D eigenvalue weighted by Gasteiger charge is 2.23. The molecular formula is C16H19NO. The molecule has 2 heteroatoms. The molecule has 0 spiro atoms. The Bertz CT molecular complexity index is 488. The van der Waals surface area contributed by atoms with Gasteiger partial charge >= 0.3 is 0 Å². The molecule has 0 saturated carbocycles. The van der Waals surface area contributed by atoms with Gasteiger partial charge in [-0.1, -0.05) is 37.3 Å². The van der Waals surface area contributed by atoms with Gasteiger partial charge in [0.2, 0.25) is 0 Å². The minimum Gasteiger partial charge on any atom is -0.385 e. The largest absolute Gasteiger partial charge is 0.385 e. The van der Waals surface area contributed by atoms with Crippen molar-refractivity contribution >= 4 is 0 Å². The molecule has 1 aromatic heterocycles. The Kier molecular flexibility index (Phi) is 3.78. The molecule has 18 heavy (non-hydrogen) atoms. The number of rotatable bonds is 4. The molecule has 1 unspecified atom stereocenters. The maximum atomic E-state index is 10.5. The van der Waals surface area contributed by atoms with Gasteiger partial charge in [0.15, 0.2) is 0 Å². The van der Waals surface area contributed by atoms with Gasteiger partial charge in [0.1, 0.15) is 0 Å². The average molecular weight is 241 g/mol. The molecule has 0 radical (unpaired) electrons. The van der Waals surface area contributed by atoms with Crippen molar-refractivity contribution in [2.75, 3.05) is 0 Å². The van der Waals surface area contributed by atoms with E-state index in [1.54, 1.807) is 12.4 Å². The second kappa shape index (κ2) is 5.32. The number of aryl methyl sites for hydroxylation is 1. The van der Waals surface area contributed by atoms with Crippen molar-refractivity contribution in [3.05, 3.63) is 65.5 Å². The van der Waals surface area contributed by atoms with Crippen molar-refractivity contribution in [2.45, 2.75) is 32.3 Å². The van der Waals surface area contributed by atoms with Gasteiger partial charge < -0.3 is 5.11 Å². The van der Waals surface area contributed by atoms with Crippen LogP contribution in [0.5, 0.6) is 0 Å². The maximum Gasteiger partial charge on any atom is 0.0923 e. The van der Waals surface area contributed by atoms with Crippen molar-refractivity contribution in [2.24, 2.45) is 0 Å². The average Bonchev–Trinajstić information content (AvgIpc) is 2.40. The number of hydrogen-bond acceptors (Lipinski definition) is 2. The van der Waals surface area contributed by atoms with Crippen molar-refractivity contribution < 1.29 is 5.11 Å². The monoisotopic (exact) mass is 241 g/mol. The van der Waals surface area contributed by atoms with Crippen molar-refractivity contribution in [3.8, 4) is 0 Å². The molecule has 1 N–H and O–H groups in total. The first-order chi connectivity index (χ1) is 8.62. The van der Waals surface area contributed by atoms with E-state index >= 15 is 0 Å². The van der Waals surface area contributed by atoms with Crippen LogP contribution in [0.3, 0.4) is 0 Å². The Balaban J connectivity index is 2.16. The zero-order valence-electron chi connectivity index (χ0n) is 10.9. The SMILES string of the molecule is CCc1ccc(CC(C)(O)c2cccnc2)cc1. The van der Waals surface area contributed by atoms with Crippen LogP contribution in [0.2, 0.25) is 0 Å². The highest BCUT2D eigenvalue weighted by molar-refractivity contribution is 5.26. The van der Waals surface area contributed by atoms with Gasteiger partial charge in [-0.3, -0.25) is 4.98 Å². The Morgan fingerprint density at radius 1 is 1.11 bits per heavy atom. The van der Waals surface area contributed by atoms with Gasteiger partial charge in [0.05, 0.1) is 5.60 Å². The number of hydrogen-bond donors (Lipinski definition) is 1. The lowest BCUT2D eigenvalue weighted by Gasteiger charge is -2.23. The normalized spacial score (nSPS) is 14.2. The summed E-state index contributed by atoms with van der Waals surface area (Å²) in [5.41, 5.74) is 2.44. The summed E-state index contributed by atoms with van der Waals surface area (Å²) in [5.74, 6) is 0. The highest BCUT2D eigenvalue weighted by atomic mass is 16.3. The van der Waals surface area contributed by atoms with Crippen molar-refractivity contribution in [3.63, 3.8) is 0 Å². The predicted octanol–water partition coefficient (Wildman–Crippen LogP) is 3.09.